The van der Waals surface area contributed by atoms with E-state index < -0.39 is 0 Å². The number of imidazole rings is 2. The topological polar surface area (TPSA) is 66.6 Å². The Kier molecular flexibility index (Phi) is 5.10. The summed E-state index contributed by atoms with van der Waals surface area (Å²) in [5.41, 5.74) is 7.82. The molecule has 0 saturated carbocycles. The number of hydrogen-bond acceptors (Lipinski definition) is 4. The minimum absolute atomic E-state index is 0.349. The minimum Gasteiger partial charge on any atom is -0.488 e. The first-order chi connectivity index (χ1) is 15.0. The summed E-state index contributed by atoms with van der Waals surface area (Å²) in [6.45, 7) is 6.99. The largest absolute Gasteiger partial charge is 0.488 e. The molecule has 1 aliphatic heterocycles. The average Bonchev–Trinajstić information content (AvgIpc) is 3.48. The lowest BCUT2D eigenvalue weighted by molar-refractivity contribution is 0.302. The van der Waals surface area contributed by atoms with Crippen LogP contribution in [0.5, 0.6) is 5.75 Å². The Balaban J connectivity index is 1.46. The maximum atomic E-state index is 6.15. The normalized spacial score (nSPS) is 13.6. The van der Waals surface area contributed by atoms with Gasteiger partial charge in [-0.3, -0.25) is 0 Å². The van der Waals surface area contributed by atoms with Gasteiger partial charge >= 0.3 is 0 Å². The fraction of sp³-hybridized carbons (Fsp3) is 0.280. The van der Waals surface area contributed by atoms with Gasteiger partial charge in [0.15, 0.2) is 0 Å². The van der Waals surface area contributed by atoms with Crippen LogP contribution in [-0.2, 0) is 6.61 Å². The number of rotatable bonds is 5. The van der Waals surface area contributed by atoms with Gasteiger partial charge in [-0.1, -0.05) is 32.0 Å². The maximum Gasteiger partial charge on any atom is 0.128 e. The van der Waals surface area contributed by atoms with Crippen molar-refractivity contribution in [1.29, 1.82) is 0 Å². The van der Waals surface area contributed by atoms with Gasteiger partial charge in [-0.25, -0.2) is 9.97 Å². The van der Waals surface area contributed by atoms with E-state index in [2.05, 4.69) is 83.4 Å². The number of aromatic nitrogens is 4. The first-order valence-corrected chi connectivity index (χ1v) is 11.9. The summed E-state index contributed by atoms with van der Waals surface area (Å²) in [7, 11) is 0. The van der Waals surface area contributed by atoms with Crippen molar-refractivity contribution in [3.05, 3.63) is 66.0 Å². The van der Waals surface area contributed by atoms with Crippen molar-refractivity contribution in [3.63, 3.8) is 0 Å². The second-order valence-electron chi connectivity index (χ2n) is 8.27. The number of ether oxygens (including phenoxy) is 1. The summed E-state index contributed by atoms with van der Waals surface area (Å²) in [5, 5.41) is 0.349. The van der Waals surface area contributed by atoms with E-state index in [-0.39, 0.29) is 0 Å². The molecule has 0 saturated heterocycles. The van der Waals surface area contributed by atoms with E-state index >= 15 is 0 Å². The van der Waals surface area contributed by atoms with Crippen molar-refractivity contribution in [2.75, 3.05) is 6.26 Å². The van der Waals surface area contributed by atoms with E-state index in [0.29, 0.717) is 17.8 Å². The van der Waals surface area contributed by atoms with Crippen LogP contribution in [0.2, 0.25) is 0 Å². The average molecular weight is 431 g/mol. The summed E-state index contributed by atoms with van der Waals surface area (Å²) in [4.78, 5) is 15.9. The van der Waals surface area contributed by atoms with Crippen molar-refractivity contribution in [1.82, 2.24) is 19.9 Å². The first-order valence-electron chi connectivity index (χ1n) is 10.6. The van der Waals surface area contributed by atoms with E-state index in [9.17, 15) is 0 Å². The quantitative estimate of drug-likeness (QED) is 0.376. The number of thioether (sulfide) groups is 1. The van der Waals surface area contributed by atoms with Gasteiger partial charge in [-0.15, -0.1) is 0 Å². The van der Waals surface area contributed by atoms with Crippen LogP contribution in [0.4, 0.5) is 0 Å². The SMILES string of the molecule is CSC(C)c1ncc(-c2ccc3c(c2)COc2cc(-c4cnc(C(C)C)[nH]4)ccc2-3)[nH]1. The van der Waals surface area contributed by atoms with E-state index in [1.54, 1.807) is 11.8 Å². The lowest BCUT2D eigenvalue weighted by Gasteiger charge is -2.22. The number of aromatic amines is 2. The Morgan fingerprint density at radius 3 is 2.19 bits per heavy atom. The third kappa shape index (κ3) is 3.65. The minimum atomic E-state index is 0.349. The van der Waals surface area contributed by atoms with Crippen molar-refractivity contribution in [3.8, 4) is 39.4 Å². The molecular weight excluding hydrogens is 404 g/mol. The van der Waals surface area contributed by atoms with Crippen molar-refractivity contribution in [2.45, 2.75) is 38.5 Å². The molecule has 0 fully saturated rings. The van der Waals surface area contributed by atoms with Gasteiger partial charge in [0.2, 0.25) is 0 Å². The van der Waals surface area contributed by atoms with E-state index in [1.165, 1.54) is 11.1 Å². The molecule has 0 bridgehead atoms. The summed E-state index contributed by atoms with van der Waals surface area (Å²) in [5.74, 6) is 3.30. The number of nitrogens with one attached hydrogen (secondary N) is 2. The monoisotopic (exact) mass is 430 g/mol. The zero-order valence-electron chi connectivity index (χ0n) is 18.2. The highest BCUT2D eigenvalue weighted by molar-refractivity contribution is 7.98. The van der Waals surface area contributed by atoms with Gasteiger partial charge in [-0.05, 0) is 48.1 Å². The molecule has 5 nitrogen and oxygen atoms in total. The molecule has 0 amide bonds. The number of hydrogen-bond donors (Lipinski definition) is 2. The Labute approximate surface area is 186 Å². The predicted octanol–water partition coefficient (Wildman–Crippen LogP) is 6.57. The van der Waals surface area contributed by atoms with E-state index in [1.807, 2.05) is 12.4 Å². The third-order valence-corrected chi connectivity index (χ3v) is 6.79. The molecule has 4 aromatic rings. The summed E-state index contributed by atoms with van der Waals surface area (Å²) in [6.07, 6.45) is 5.92. The van der Waals surface area contributed by atoms with Crippen LogP contribution in [-0.4, -0.2) is 26.2 Å². The molecule has 1 atom stereocenters. The molecule has 31 heavy (non-hydrogen) atoms. The highest BCUT2D eigenvalue weighted by Gasteiger charge is 2.20. The summed E-state index contributed by atoms with van der Waals surface area (Å²) < 4.78 is 6.15. The van der Waals surface area contributed by atoms with Crippen molar-refractivity contribution < 1.29 is 4.74 Å². The molecule has 0 radical (unpaired) electrons. The standard InChI is InChI=1S/C25H26N4OS/c1-14(2)24-26-11-22(28-24)17-6-8-20-19-7-5-16(9-18(19)13-30-23(20)10-17)21-12-27-25(29-21)15(3)31-4/h5-12,14-15H,13H2,1-4H3,(H,26,28)(H,27,29). The zero-order chi connectivity index (χ0) is 21.5. The van der Waals surface area contributed by atoms with E-state index in [4.69, 9.17) is 4.74 Å². The van der Waals surface area contributed by atoms with Gasteiger partial charge in [-0.2, -0.15) is 11.8 Å². The van der Waals surface area contributed by atoms with Crippen LogP contribution < -0.4 is 4.74 Å². The van der Waals surface area contributed by atoms with Crippen LogP contribution in [0.15, 0.2) is 48.8 Å². The highest BCUT2D eigenvalue weighted by atomic mass is 32.2. The fourth-order valence-corrected chi connectivity index (χ4v) is 4.25. The lowest BCUT2D eigenvalue weighted by atomic mass is 9.93. The molecule has 2 N–H and O–H groups in total. The van der Waals surface area contributed by atoms with Crippen LogP contribution in [0.25, 0.3) is 33.6 Å². The van der Waals surface area contributed by atoms with Crippen LogP contribution in [0.3, 0.4) is 0 Å². The fourth-order valence-electron chi connectivity index (χ4n) is 3.91. The predicted molar refractivity (Wildman–Crippen MR) is 127 cm³/mol. The molecule has 2 aromatic heterocycles. The number of fused-ring (bicyclic) bond motifs is 3. The third-order valence-electron chi connectivity index (χ3n) is 5.86. The molecule has 158 valence electrons. The first kappa shape index (κ1) is 19.9. The molecule has 1 unspecified atom stereocenters. The molecule has 5 rings (SSSR count). The van der Waals surface area contributed by atoms with Gasteiger partial charge in [0.05, 0.1) is 29.0 Å². The second-order valence-corrected chi connectivity index (χ2v) is 9.45. The molecule has 0 aliphatic carbocycles. The molecule has 0 spiro atoms. The molecule has 2 aromatic carbocycles. The summed E-state index contributed by atoms with van der Waals surface area (Å²) >= 11 is 1.78. The second kappa shape index (κ2) is 7.93. The summed E-state index contributed by atoms with van der Waals surface area (Å²) in [6, 6.07) is 12.9. The number of nitrogens with zero attached hydrogens (tertiary/aromatic N) is 2. The molecule has 1 aliphatic rings. The number of H-pyrrole nitrogens is 2. The highest BCUT2D eigenvalue weighted by Crippen LogP contribution is 2.41. The molecular formula is C25H26N4OS. The lowest BCUT2D eigenvalue weighted by Crippen LogP contribution is -2.06. The zero-order valence-corrected chi connectivity index (χ0v) is 19.0. The maximum absolute atomic E-state index is 6.15. The Morgan fingerprint density at radius 1 is 0.871 bits per heavy atom. The van der Waals surface area contributed by atoms with Crippen LogP contribution >= 0.6 is 11.8 Å². The van der Waals surface area contributed by atoms with Crippen molar-refractivity contribution in [2.24, 2.45) is 0 Å². The Morgan fingerprint density at radius 2 is 1.52 bits per heavy atom. The Hall–Kier alpha value is -2.99. The van der Waals surface area contributed by atoms with Gasteiger partial charge in [0, 0.05) is 17.0 Å². The van der Waals surface area contributed by atoms with Crippen LogP contribution in [0.1, 0.15) is 49.2 Å². The van der Waals surface area contributed by atoms with Gasteiger partial charge in [0.1, 0.15) is 24.0 Å². The van der Waals surface area contributed by atoms with Crippen LogP contribution in [0, 0.1) is 0 Å². The van der Waals surface area contributed by atoms with Gasteiger partial charge < -0.3 is 14.7 Å². The van der Waals surface area contributed by atoms with E-state index in [0.717, 1.165) is 45.5 Å². The van der Waals surface area contributed by atoms with Crippen molar-refractivity contribution >= 4 is 11.8 Å². The Bertz CT molecular complexity index is 1240. The smallest absolute Gasteiger partial charge is 0.128 e. The molecule has 6 heteroatoms. The molecule has 3 heterocycles. The number of benzene rings is 2. The van der Waals surface area contributed by atoms with Gasteiger partial charge in [0.25, 0.3) is 0 Å².